The zero-order valence-corrected chi connectivity index (χ0v) is 13.9. The summed E-state index contributed by atoms with van der Waals surface area (Å²) in [6.07, 6.45) is 7.81. The van der Waals surface area contributed by atoms with E-state index in [1.807, 2.05) is 16.0 Å². The van der Waals surface area contributed by atoms with Gasteiger partial charge in [0.2, 0.25) is 0 Å². The first-order valence-corrected chi connectivity index (χ1v) is 8.42. The van der Waals surface area contributed by atoms with Gasteiger partial charge >= 0.3 is 0 Å². The SMILES string of the molecule is CN=C(NCCCCC(C)C)NCc1cn2ccsc2n1. The molecule has 0 aromatic carbocycles. The van der Waals surface area contributed by atoms with Crippen LogP contribution in [0.25, 0.3) is 4.96 Å². The minimum atomic E-state index is 0.695. The van der Waals surface area contributed by atoms with Gasteiger partial charge in [0.25, 0.3) is 0 Å². The Morgan fingerprint density at radius 2 is 2.24 bits per heavy atom. The van der Waals surface area contributed by atoms with Gasteiger partial charge in [0.05, 0.1) is 12.2 Å². The molecule has 0 aliphatic carbocycles. The highest BCUT2D eigenvalue weighted by molar-refractivity contribution is 7.15. The van der Waals surface area contributed by atoms with E-state index in [-0.39, 0.29) is 0 Å². The second kappa shape index (κ2) is 8.02. The van der Waals surface area contributed by atoms with Crippen molar-refractivity contribution in [1.82, 2.24) is 20.0 Å². The fraction of sp³-hybridized carbons (Fsp3) is 0.600. The summed E-state index contributed by atoms with van der Waals surface area (Å²) in [6, 6.07) is 0. The molecule has 5 nitrogen and oxygen atoms in total. The number of aliphatic imine (C=N–C) groups is 1. The van der Waals surface area contributed by atoms with E-state index in [0.717, 1.165) is 29.1 Å². The van der Waals surface area contributed by atoms with Crippen LogP contribution in [0.3, 0.4) is 0 Å². The van der Waals surface area contributed by atoms with E-state index in [1.54, 1.807) is 18.4 Å². The Labute approximate surface area is 130 Å². The number of fused-ring (bicyclic) bond motifs is 1. The second-order valence-electron chi connectivity index (χ2n) is 5.57. The number of nitrogens with zero attached hydrogens (tertiary/aromatic N) is 3. The Balaban J connectivity index is 1.69. The third kappa shape index (κ3) is 5.04. The fourth-order valence-corrected chi connectivity index (χ4v) is 2.86. The van der Waals surface area contributed by atoms with Crippen molar-refractivity contribution in [3.8, 4) is 0 Å². The summed E-state index contributed by atoms with van der Waals surface area (Å²) in [6.45, 7) is 6.19. The van der Waals surface area contributed by atoms with E-state index in [1.165, 1.54) is 19.3 Å². The van der Waals surface area contributed by atoms with Gasteiger partial charge < -0.3 is 10.6 Å². The van der Waals surface area contributed by atoms with Crippen molar-refractivity contribution in [2.75, 3.05) is 13.6 Å². The molecule has 0 aliphatic heterocycles. The van der Waals surface area contributed by atoms with Gasteiger partial charge in [-0.1, -0.05) is 26.7 Å². The number of rotatable bonds is 7. The minimum absolute atomic E-state index is 0.695. The van der Waals surface area contributed by atoms with Crippen molar-refractivity contribution >= 4 is 22.3 Å². The lowest BCUT2D eigenvalue weighted by atomic mass is 10.1. The number of aromatic nitrogens is 2. The first kappa shape index (κ1) is 15.8. The molecule has 6 heteroatoms. The van der Waals surface area contributed by atoms with Crippen LogP contribution in [0.4, 0.5) is 0 Å². The van der Waals surface area contributed by atoms with Gasteiger partial charge in [-0.05, 0) is 12.3 Å². The van der Waals surface area contributed by atoms with Gasteiger partial charge in [-0.2, -0.15) is 0 Å². The molecular weight excluding hydrogens is 282 g/mol. The molecule has 2 N–H and O–H groups in total. The third-order valence-corrected chi connectivity index (χ3v) is 4.08. The molecule has 0 saturated carbocycles. The third-order valence-electron chi connectivity index (χ3n) is 3.30. The molecule has 0 atom stereocenters. The van der Waals surface area contributed by atoms with E-state index >= 15 is 0 Å². The van der Waals surface area contributed by atoms with Gasteiger partial charge in [0, 0.05) is 31.4 Å². The van der Waals surface area contributed by atoms with Crippen LogP contribution in [0.2, 0.25) is 0 Å². The van der Waals surface area contributed by atoms with Gasteiger partial charge in [-0.25, -0.2) is 4.98 Å². The molecule has 2 rings (SSSR count). The Morgan fingerprint density at radius 1 is 1.38 bits per heavy atom. The maximum absolute atomic E-state index is 4.54. The highest BCUT2D eigenvalue weighted by atomic mass is 32.1. The van der Waals surface area contributed by atoms with E-state index in [9.17, 15) is 0 Å². The van der Waals surface area contributed by atoms with Crippen LogP contribution in [0, 0.1) is 5.92 Å². The zero-order valence-electron chi connectivity index (χ0n) is 13.1. The lowest BCUT2D eigenvalue weighted by molar-refractivity contribution is 0.534. The minimum Gasteiger partial charge on any atom is -0.356 e. The molecule has 116 valence electrons. The van der Waals surface area contributed by atoms with Crippen LogP contribution >= 0.6 is 11.3 Å². The lowest BCUT2D eigenvalue weighted by Gasteiger charge is -2.11. The van der Waals surface area contributed by atoms with E-state index in [0.29, 0.717) is 6.54 Å². The highest BCUT2D eigenvalue weighted by Crippen LogP contribution is 2.11. The van der Waals surface area contributed by atoms with Crippen molar-refractivity contribution in [1.29, 1.82) is 0 Å². The summed E-state index contributed by atoms with van der Waals surface area (Å²) < 4.78 is 2.05. The first-order valence-electron chi connectivity index (χ1n) is 7.54. The average molecular weight is 307 g/mol. The molecule has 0 bridgehead atoms. The summed E-state index contributed by atoms with van der Waals surface area (Å²) in [5, 5.41) is 8.69. The number of unbranched alkanes of at least 4 members (excludes halogenated alkanes) is 1. The molecule has 2 aromatic rings. The van der Waals surface area contributed by atoms with Crippen molar-refractivity contribution in [3.05, 3.63) is 23.5 Å². The maximum atomic E-state index is 4.54. The highest BCUT2D eigenvalue weighted by Gasteiger charge is 2.03. The number of hydrogen-bond acceptors (Lipinski definition) is 3. The number of nitrogens with one attached hydrogen (secondary N) is 2. The van der Waals surface area contributed by atoms with Crippen LogP contribution < -0.4 is 10.6 Å². The first-order chi connectivity index (χ1) is 10.2. The molecule has 21 heavy (non-hydrogen) atoms. The van der Waals surface area contributed by atoms with Crippen LogP contribution in [-0.2, 0) is 6.54 Å². The number of thiazole rings is 1. The molecule has 0 amide bonds. The molecule has 0 fully saturated rings. The Bertz CT molecular complexity index is 541. The molecular formula is C15H25N5S. The standard InChI is InChI=1S/C15H25N5S/c1-12(2)6-4-5-7-17-14(16-3)18-10-13-11-20-8-9-21-15(20)19-13/h8-9,11-12H,4-7,10H2,1-3H3,(H2,16,17,18). The summed E-state index contributed by atoms with van der Waals surface area (Å²) in [4.78, 5) is 9.82. The largest absolute Gasteiger partial charge is 0.356 e. The lowest BCUT2D eigenvalue weighted by Crippen LogP contribution is -2.37. The predicted molar refractivity (Wildman–Crippen MR) is 90.0 cm³/mol. The number of hydrogen-bond donors (Lipinski definition) is 2. The molecule has 2 aromatic heterocycles. The molecule has 0 aliphatic rings. The summed E-state index contributed by atoms with van der Waals surface area (Å²) in [5.74, 6) is 1.63. The molecule has 0 unspecified atom stereocenters. The van der Waals surface area contributed by atoms with E-state index in [2.05, 4.69) is 40.7 Å². The van der Waals surface area contributed by atoms with Crippen molar-refractivity contribution in [2.45, 2.75) is 39.7 Å². The monoisotopic (exact) mass is 307 g/mol. The summed E-state index contributed by atoms with van der Waals surface area (Å²) in [7, 11) is 1.80. The van der Waals surface area contributed by atoms with Gasteiger partial charge in [0.1, 0.15) is 0 Å². The molecule has 2 heterocycles. The summed E-state index contributed by atoms with van der Waals surface area (Å²) in [5.41, 5.74) is 1.03. The van der Waals surface area contributed by atoms with Crippen LogP contribution in [-0.4, -0.2) is 28.9 Å². The van der Waals surface area contributed by atoms with Crippen LogP contribution in [0.15, 0.2) is 22.8 Å². The normalized spacial score (nSPS) is 12.3. The number of guanidine groups is 1. The van der Waals surface area contributed by atoms with Crippen molar-refractivity contribution < 1.29 is 0 Å². The quantitative estimate of drug-likeness (QED) is 0.470. The Morgan fingerprint density at radius 3 is 2.95 bits per heavy atom. The van der Waals surface area contributed by atoms with Crippen LogP contribution in [0.1, 0.15) is 38.8 Å². The maximum Gasteiger partial charge on any atom is 0.193 e. The molecule has 0 saturated heterocycles. The van der Waals surface area contributed by atoms with Crippen LogP contribution in [0.5, 0.6) is 0 Å². The molecule has 0 radical (unpaired) electrons. The second-order valence-corrected chi connectivity index (χ2v) is 6.44. The van der Waals surface area contributed by atoms with E-state index < -0.39 is 0 Å². The predicted octanol–water partition coefficient (Wildman–Crippen LogP) is 2.89. The van der Waals surface area contributed by atoms with Gasteiger partial charge in [-0.3, -0.25) is 9.39 Å². The summed E-state index contributed by atoms with van der Waals surface area (Å²) >= 11 is 1.65. The fourth-order valence-electron chi connectivity index (χ4n) is 2.14. The Hall–Kier alpha value is -1.56. The van der Waals surface area contributed by atoms with Gasteiger partial charge in [0.15, 0.2) is 10.9 Å². The number of imidazole rings is 1. The molecule has 0 spiro atoms. The van der Waals surface area contributed by atoms with Crippen molar-refractivity contribution in [2.24, 2.45) is 10.9 Å². The topological polar surface area (TPSA) is 53.7 Å². The van der Waals surface area contributed by atoms with E-state index in [4.69, 9.17) is 0 Å². The smallest absolute Gasteiger partial charge is 0.193 e. The van der Waals surface area contributed by atoms with Gasteiger partial charge in [-0.15, -0.1) is 11.3 Å². The zero-order chi connectivity index (χ0) is 15.1. The van der Waals surface area contributed by atoms with Crippen molar-refractivity contribution in [3.63, 3.8) is 0 Å². The average Bonchev–Trinajstić information content (AvgIpc) is 3.02. The Kier molecular flexibility index (Phi) is 6.04.